The molecule has 4 aromatic rings. The van der Waals surface area contributed by atoms with Crippen molar-refractivity contribution in [3.63, 3.8) is 0 Å². The fraction of sp³-hybridized carbons (Fsp3) is 0.310. The number of fused-ring (bicyclic) bond motifs is 1. The normalized spacial score (nSPS) is 15.9. The number of nitrogens with one attached hydrogen (secondary N) is 1. The van der Waals surface area contributed by atoms with Crippen LogP contribution in [0.2, 0.25) is 0 Å². The van der Waals surface area contributed by atoms with E-state index in [4.69, 9.17) is 4.42 Å². The van der Waals surface area contributed by atoms with E-state index >= 15 is 0 Å². The van der Waals surface area contributed by atoms with Crippen LogP contribution in [-0.4, -0.2) is 53.3 Å². The van der Waals surface area contributed by atoms with Crippen molar-refractivity contribution in [2.24, 2.45) is 0 Å². The number of carbonyl (C=O) groups excluding carboxylic acids is 1. The molecule has 0 saturated carbocycles. The summed E-state index contributed by atoms with van der Waals surface area (Å²) in [5, 5.41) is 12.9. The van der Waals surface area contributed by atoms with Crippen LogP contribution in [0.1, 0.15) is 59.3 Å². The monoisotopic (exact) mass is 561 g/mol. The van der Waals surface area contributed by atoms with E-state index in [0.29, 0.717) is 35.1 Å². The zero-order valence-corrected chi connectivity index (χ0v) is 23.1. The van der Waals surface area contributed by atoms with Crippen LogP contribution >= 0.6 is 0 Å². The molecule has 2 aromatic heterocycles. The van der Waals surface area contributed by atoms with Crippen LogP contribution in [-0.2, 0) is 16.4 Å². The Labute approximate surface area is 233 Å². The van der Waals surface area contributed by atoms with Gasteiger partial charge in [0.15, 0.2) is 9.84 Å². The van der Waals surface area contributed by atoms with Crippen LogP contribution in [0.15, 0.2) is 76.6 Å². The number of hydrogen-bond donors (Lipinski definition) is 2. The molecule has 0 unspecified atom stereocenters. The fourth-order valence-corrected chi connectivity index (χ4v) is 5.81. The third kappa shape index (κ3) is 5.61. The molecule has 40 heavy (non-hydrogen) atoms. The van der Waals surface area contributed by atoms with Gasteiger partial charge in [-0.1, -0.05) is 32.0 Å². The third-order valence-corrected chi connectivity index (χ3v) is 9.00. The molecule has 11 heteroatoms. The lowest BCUT2D eigenvalue weighted by Crippen LogP contribution is -2.35. The van der Waals surface area contributed by atoms with Gasteiger partial charge in [0.2, 0.25) is 11.8 Å². The maximum atomic E-state index is 13.2. The predicted octanol–water partition coefficient (Wildman–Crippen LogP) is 3.90. The average Bonchev–Trinajstić information content (AvgIpc) is 3.54. The number of benzene rings is 2. The lowest BCUT2D eigenvalue weighted by Gasteiger charge is -2.34. The van der Waals surface area contributed by atoms with Crippen molar-refractivity contribution in [3.05, 3.63) is 89.6 Å². The molecule has 2 aromatic carbocycles. The Kier molecular flexibility index (Phi) is 7.95. The number of anilines is 1. The summed E-state index contributed by atoms with van der Waals surface area (Å²) in [6.45, 7) is 4.69. The summed E-state index contributed by atoms with van der Waals surface area (Å²) >= 11 is 0. The lowest BCUT2D eigenvalue weighted by atomic mass is 9.87. The largest absolute Gasteiger partial charge is 0.444 e. The second-order valence-corrected chi connectivity index (χ2v) is 12.0. The summed E-state index contributed by atoms with van der Waals surface area (Å²) < 4.78 is 29.6. The molecule has 3 heterocycles. The third-order valence-electron chi connectivity index (χ3n) is 7.25. The number of aromatic nitrogens is 3. The number of aliphatic hydroxyl groups excluding tert-OH is 1. The number of oxazole rings is 1. The Hall–Kier alpha value is -4.09. The molecule has 1 amide bonds. The summed E-state index contributed by atoms with van der Waals surface area (Å²) in [4.78, 5) is 28.7. The predicted molar refractivity (Wildman–Crippen MR) is 150 cm³/mol. The summed E-state index contributed by atoms with van der Waals surface area (Å²) in [6, 6.07) is 11.2. The average molecular weight is 562 g/mol. The number of carbonyl (C=O) groups is 1. The van der Waals surface area contributed by atoms with Crippen molar-refractivity contribution in [2.45, 2.75) is 43.7 Å². The number of rotatable bonds is 9. The summed E-state index contributed by atoms with van der Waals surface area (Å²) in [5.41, 5.74) is 3.99. The lowest BCUT2D eigenvalue weighted by molar-refractivity contribution is 0.0916. The van der Waals surface area contributed by atoms with Gasteiger partial charge >= 0.3 is 0 Å². The number of amides is 1. The van der Waals surface area contributed by atoms with Crippen molar-refractivity contribution in [3.8, 4) is 11.5 Å². The van der Waals surface area contributed by atoms with E-state index in [2.05, 4.69) is 32.1 Å². The van der Waals surface area contributed by atoms with Gasteiger partial charge in [-0.05, 0) is 47.4 Å². The number of sulfone groups is 1. The molecule has 1 aliphatic heterocycles. The maximum absolute atomic E-state index is 13.2. The fourth-order valence-electron chi connectivity index (χ4n) is 4.93. The van der Waals surface area contributed by atoms with E-state index < -0.39 is 15.9 Å². The summed E-state index contributed by atoms with van der Waals surface area (Å²) in [5.74, 6) is 0.966. The van der Waals surface area contributed by atoms with E-state index in [-0.39, 0.29) is 29.1 Å². The van der Waals surface area contributed by atoms with Gasteiger partial charge in [-0.15, -0.1) is 0 Å². The van der Waals surface area contributed by atoms with Crippen LogP contribution in [0.4, 0.5) is 5.95 Å². The van der Waals surface area contributed by atoms with E-state index in [0.717, 1.165) is 18.5 Å². The quantitative estimate of drug-likeness (QED) is 0.311. The van der Waals surface area contributed by atoms with E-state index in [9.17, 15) is 18.3 Å². The van der Waals surface area contributed by atoms with Gasteiger partial charge in [0.1, 0.15) is 6.26 Å². The molecule has 0 aliphatic carbocycles. The Morgan fingerprint density at radius 3 is 2.50 bits per heavy atom. The number of aliphatic hydroxyl groups is 1. The van der Waals surface area contributed by atoms with E-state index in [1.807, 2.05) is 12.1 Å². The minimum atomic E-state index is -3.34. The standard InChI is InChI=1S/C29H31N5O5S/c1-3-19-16-34(29-31-14-23(15-32-29)28-30-11-12-39-28)17-22-13-21(7-10-25(19)22)27(36)33-26(18-35)20-5-8-24(9-6-20)40(37,38)4-2/h5-15,19,26,35H,3-4,16-18H2,1-2H3,(H,33,36)/t19-,26+/m1/s1. The molecule has 2 N–H and O–H groups in total. The van der Waals surface area contributed by atoms with Crippen LogP contribution in [0.25, 0.3) is 11.5 Å². The number of hydrogen-bond acceptors (Lipinski definition) is 9. The van der Waals surface area contributed by atoms with Crippen LogP contribution in [0, 0.1) is 0 Å². The van der Waals surface area contributed by atoms with Gasteiger partial charge < -0.3 is 19.7 Å². The SMILES string of the molecule is CC[C@@H]1CN(c2ncc(-c3ncco3)cn2)Cc2cc(C(=O)N[C@@H](CO)c3ccc(S(=O)(=O)CC)cc3)ccc21. The topological polar surface area (TPSA) is 139 Å². The molecule has 0 saturated heterocycles. The molecule has 1 aliphatic rings. The first-order valence-electron chi connectivity index (χ1n) is 13.2. The second kappa shape index (κ2) is 11.6. The molecule has 5 rings (SSSR count). The zero-order valence-electron chi connectivity index (χ0n) is 22.3. The van der Waals surface area contributed by atoms with Gasteiger partial charge in [0, 0.05) is 37.0 Å². The van der Waals surface area contributed by atoms with Crippen molar-refractivity contribution in [2.75, 3.05) is 23.8 Å². The van der Waals surface area contributed by atoms with Gasteiger partial charge in [0.25, 0.3) is 5.91 Å². The first kappa shape index (κ1) is 27.5. The molecule has 10 nitrogen and oxygen atoms in total. The molecule has 0 radical (unpaired) electrons. The highest BCUT2D eigenvalue weighted by molar-refractivity contribution is 7.91. The summed E-state index contributed by atoms with van der Waals surface area (Å²) in [6.07, 6.45) is 7.37. The van der Waals surface area contributed by atoms with Crippen molar-refractivity contribution in [1.82, 2.24) is 20.3 Å². The van der Waals surface area contributed by atoms with Crippen molar-refractivity contribution < 1.29 is 22.7 Å². The minimum Gasteiger partial charge on any atom is -0.444 e. The highest BCUT2D eigenvalue weighted by Crippen LogP contribution is 2.33. The van der Waals surface area contributed by atoms with E-state index in [1.54, 1.807) is 43.7 Å². The highest BCUT2D eigenvalue weighted by atomic mass is 32.2. The van der Waals surface area contributed by atoms with Crippen LogP contribution in [0.5, 0.6) is 0 Å². The molecule has 208 valence electrons. The Morgan fingerprint density at radius 1 is 1.12 bits per heavy atom. The first-order chi connectivity index (χ1) is 19.3. The molecular formula is C29H31N5O5S. The minimum absolute atomic E-state index is 0.00101. The Balaban J connectivity index is 1.34. The van der Waals surface area contributed by atoms with Crippen LogP contribution in [0.3, 0.4) is 0 Å². The van der Waals surface area contributed by atoms with Crippen LogP contribution < -0.4 is 10.2 Å². The summed E-state index contributed by atoms with van der Waals surface area (Å²) in [7, 11) is -3.34. The zero-order chi connectivity index (χ0) is 28.3. The molecule has 0 bridgehead atoms. The van der Waals surface area contributed by atoms with Gasteiger partial charge in [-0.25, -0.2) is 23.4 Å². The number of nitrogens with zero attached hydrogens (tertiary/aromatic N) is 4. The molecule has 0 spiro atoms. The van der Waals surface area contributed by atoms with Crippen molar-refractivity contribution >= 4 is 21.7 Å². The Bertz CT molecular complexity index is 1570. The molecular weight excluding hydrogens is 530 g/mol. The first-order valence-corrected chi connectivity index (χ1v) is 14.8. The molecule has 2 atom stereocenters. The van der Waals surface area contributed by atoms with Gasteiger partial charge in [0.05, 0.1) is 35.1 Å². The maximum Gasteiger partial charge on any atom is 0.251 e. The second-order valence-electron chi connectivity index (χ2n) is 9.69. The van der Waals surface area contributed by atoms with Gasteiger partial charge in [-0.3, -0.25) is 4.79 Å². The Morgan fingerprint density at radius 2 is 1.88 bits per heavy atom. The molecule has 0 fully saturated rings. The highest BCUT2D eigenvalue weighted by Gasteiger charge is 2.27. The van der Waals surface area contributed by atoms with Gasteiger partial charge in [-0.2, -0.15) is 0 Å². The van der Waals surface area contributed by atoms with Crippen molar-refractivity contribution in [1.29, 1.82) is 0 Å². The van der Waals surface area contributed by atoms with E-state index in [1.165, 1.54) is 24.0 Å². The smallest absolute Gasteiger partial charge is 0.251 e.